The molecular formula is C14H17N3O. The van der Waals surface area contributed by atoms with Crippen molar-refractivity contribution < 1.29 is 4.79 Å². The average molecular weight is 243 g/mol. The molecule has 1 N–H and O–H groups in total. The van der Waals surface area contributed by atoms with Gasteiger partial charge in [-0.2, -0.15) is 5.26 Å². The van der Waals surface area contributed by atoms with Gasteiger partial charge in [0, 0.05) is 13.1 Å². The zero-order valence-electron chi connectivity index (χ0n) is 10.3. The number of nitriles is 1. The first-order chi connectivity index (χ1) is 8.81. The number of hydrazine groups is 1. The summed E-state index contributed by atoms with van der Waals surface area (Å²) < 4.78 is 0. The van der Waals surface area contributed by atoms with E-state index in [4.69, 9.17) is 5.26 Å². The van der Waals surface area contributed by atoms with Crippen LogP contribution >= 0.6 is 0 Å². The number of carbonyl (C=O) groups excluding carboxylic acids is 1. The highest BCUT2D eigenvalue weighted by molar-refractivity contribution is 5.86. The Labute approximate surface area is 107 Å². The molecule has 1 heterocycles. The van der Waals surface area contributed by atoms with Gasteiger partial charge in [-0.1, -0.05) is 36.8 Å². The molecule has 1 aromatic carbocycles. The Balaban J connectivity index is 2.00. The van der Waals surface area contributed by atoms with Gasteiger partial charge in [0.2, 0.25) is 0 Å². The normalized spacial score (nSPS) is 17.7. The molecule has 0 aliphatic carbocycles. The zero-order chi connectivity index (χ0) is 12.8. The molecule has 94 valence electrons. The van der Waals surface area contributed by atoms with Crippen LogP contribution in [0.2, 0.25) is 0 Å². The number of hydrogen-bond acceptors (Lipinski definition) is 3. The second-order valence-corrected chi connectivity index (χ2v) is 4.50. The Hall–Kier alpha value is -1.86. The fourth-order valence-corrected chi connectivity index (χ4v) is 2.16. The maximum atomic E-state index is 12.1. The van der Waals surface area contributed by atoms with Crippen LogP contribution in [0.25, 0.3) is 0 Å². The smallest absolute Gasteiger partial charge is 0.256 e. The highest BCUT2D eigenvalue weighted by atomic mass is 16.2. The topological polar surface area (TPSA) is 56.1 Å². The molecule has 0 spiro atoms. The van der Waals surface area contributed by atoms with Crippen molar-refractivity contribution in [2.75, 3.05) is 13.1 Å². The summed E-state index contributed by atoms with van der Waals surface area (Å²) in [4.78, 5) is 12.1. The summed E-state index contributed by atoms with van der Waals surface area (Å²) in [5.74, 6) is -0.960. The summed E-state index contributed by atoms with van der Waals surface area (Å²) in [6.45, 7) is 1.75. The van der Waals surface area contributed by atoms with Crippen LogP contribution in [-0.4, -0.2) is 24.0 Å². The lowest BCUT2D eigenvalue weighted by Gasteiger charge is -2.27. The maximum Gasteiger partial charge on any atom is 0.256 e. The summed E-state index contributed by atoms with van der Waals surface area (Å²) in [6, 6.07) is 11.2. The third-order valence-electron chi connectivity index (χ3n) is 3.15. The summed E-state index contributed by atoms with van der Waals surface area (Å²) in [5, 5.41) is 11.1. The third-order valence-corrected chi connectivity index (χ3v) is 3.15. The standard InChI is InChI=1S/C14H17N3O/c15-11-13(12-7-3-1-4-8-12)14(18)16-17-9-5-2-6-10-17/h1,3-4,7-8,13H,2,5-6,9-10H2,(H,16,18). The Morgan fingerprint density at radius 1 is 1.22 bits per heavy atom. The fraction of sp³-hybridized carbons (Fsp3) is 0.429. The van der Waals surface area contributed by atoms with Crippen LogP contribution in [0.15, 0.2) is 30.3 Å². The number of hydrogen-bond donors (Lipinski definition) is 1. The molecule has 1 amide bonds. The van der Waals surface area contributed by atoms with Crippen molar-refractivity contribution >= 4 is 5.91 Å². The van der Waals surface area contributed by atoms with Crippen LogP contribution < -0.4 is 5.43 Å². The molecule has 1 unspecified atom stereocenters. The molecule has 4 heteroatoms. The number of amides is 1. The van der Waals surface area contributed by atoms with Gasteiger partial charge >= 0.3 is 0 Å². The summed E-state index contributed by atoms with van der Waals surface area (Å²) in [7, 11) is 0. The van der Waals surface area contributed by atoms with Gasteiger partial charge in [0.15, 0.2) is 5.92 Å². The molecule has 0 saturated carbocycles. The van der Waals surface area contributed by atoms with Crippen LogP contribution in [0, 0.1) is 11.3 Å². The fourth-order valence-electron chi connectivity index (χ4n) is 2.16. The van der Waals surface area contributed by atoms with Crippen molar-refractivity contribution in [3.05, 3.63) is 35.9 Å². The monoisotopic (exact) mass is 243 g/mol. The van der Waals surface area contributed by atoms with E-state index >= 15 is 0 Å². The number of rotatable bonds is 3. The van der Waals surface area contributed by atoms with Crippen molar-refractivity contribution in [1.29, 1.82) is 5.26 Å². The number of piperidine rings is 1. The van der Waals surface area contributed by atoms with Crippen molar-refractivity contribution in [1.82, 2.24) is 10.4 Å². The van der Waals surface area contributed by atoms with Crippen molar-refractivity contribution in [3.63, 3.8) is 0 Å². The molecule has 1 aliphatic rings. The molecule has 2 rings (SSSR count). The number of nitrogens with one attached hydrogen (secondary N) is 1. The molecule has 0 radical (unpaired) electrons. The lowest BCUT2D eigenvalue weighted by molar-refractivity contribution is -0.126. The summed E-state index contributed by atoms with van der Waals surface area (Å²) >= 11 is 0. The number of carbonyl (C=O) groups is 1. The first-order valence-electron chi connectivity index (χ1n) is 6.31. The molecule has 0 bridgehead atoms. The highest BCUT2D eigenvalue weighted by Crippen LogP contribution is 2.15. The van der Waals surface area contributed by atoms with E-state index < -0.39 is 5.92 Å². The second kappa shape index (κ2) is 6.18. The quantitative estimate of drug-likeness (QED) is 0.880. The maximum absolute atomic E-state index is 12.1. The molecular weight excluding hydrogens is 226 g/mol. The van der Waals surface area contributed by atoms with Gasteiger partial charge in [-0.15, -0.1) is 0 Å². The van der Waals surface area contributed by atoms with E-state index in [-0.39, 0.29) is 5.91 Å². The van der Waals surface area contributed by atoms with Gasteiger partial charge in [-0.3, -0.25) is 10.2 Å². The Morgan fingerprint density at radius 3 is 2.50 bits per heavy atom. The van der Waals surface area contributed by atoms with Crippen LogP contribution in [0.4, 0.5) is 0 Å². The predicted molar refractivity (Wildman–Crippen MR) is 68.4 cm³/mol. The first kappa shape index (κ1) is 12.6. The van der Waals surface area contributed by atoms with E-state index in [2.05, 4.69) is 11.5 Å². The SMILES string of the molecule is N#CC(C(=O)NN1CCCCC1)c1ccccc1. The van der Waals surface area contributed by atoms with Crippen LogP contribution in [-0.2, 0) is 4.79 Å². The number of nitrogens with zero attached hydrogens (tertiary/aromatic N) is 2. The lowest BCUT2D eigenvalue weighted by atomic mass is 10.0. The third kappa shape index (κ3) is 3.08. The summed E-state index contributed by atoms with van der Waals surface area (Å²) in [6.07, 6.45) is 3.42. The minimum atomic E-state index is -0.729. The molecule has 1 saturated heterocycles. The first-order valence-corrected chi connectivity index (χ1v) is 6.31. The predicted octanol–water partition coefficient (Wildman–Crippen LogP) is 1.81. The van der Waals surface area contributed by atoms with Crippen molar-refractivity contribution in [2.45, 2.75) is 25.2 Å². The molecule has 1 atom stereocenters. The van der Waals surface area contributed by atoms with Crippen LogP contribution in [0.1, 0.15) is 30.7 Å². The molecule has 18 heavy (non-hydrogen) atoms. The van der Waals surface area contributed by atoms with E-state index in [9.17, 15) is 4.79 Å². The van der Waals surface area contributed by atoms with Gasteiger partial charge < -0.3 is 0 Å². The lowest BCUT2D eigenvalue weighted by Crippen LogP contribution is -2.46. The van der Waals surface area contributed by atoms with Gasteiger partial charge in [0.25, 0.3) is 5.91 Å². The Morgan fingerprint density at radius 2 is 1.89 bits per heavy atom. The Kier molecular flexibility index (Phi) is 4.32. The van der Waals surface area contributed by atoms with E-state index in [1.54, 1.807) is 0 Å². The van der Waals surface area contributed by atoms with Crippen LogP contribution in [0.5, 0.6) is 0 Å². The number of benzene rings is 1. The minimum Gasteiger partial charge on any atom is -0.287 e. The highest BCUT2D eigenvalue weighted by Gasteiger charge is 2.22. The van der Waals surface area contributed by atoms with Crippen molar-refractivity contribution in [3.8, 4) is 6.07 Å². The molecule has 1 aliphatic heterocycles. The van der Waals surface area contributed by atoms with E-state index in [1.807, 2.05) is 35.3 Å². The van der Waals surface area contributed by atoms with E-state index in [0.29, 0.717) is 0 Å². The average Bonchev–Trinajstić information content (AvgIpc) is 2.42. The zero-order valence-corrected chi connectivity index (χ0v) is 10.3. The van der Waals surface area contributed by atoms with Crippen molar-refractivity contribution in [2.24, 2.45) is 0 Å². The Bertz CT molecular complexity index is 432. The second-order valence-electron chi connectivity index (χ2n) is 4.50. The molecule has 1 fully saturated rings. The van der Waals surface area contributed by atoms with Gasteiger partial charge in [0.1, 0.15) is 0 Å². The largest absolute Gasteiger partial charge is 0.287 e. The van der Waals surface area contributed by atoms with Crippen LogP contribution in [0.3, 0.4) is 0 Å². The molecule has 0 aromatic heterocycles. The van der Waals surface area contributed by atoms with Gasteiger partial charge in [-0.05, 0) is 18.4 Å². The van der Waals surface area contributed by atoms with Gasteiger partial charge in [-0.25, -0.2) is 5.01 Å². The molecule has 1 aromatic rings. The molecule has 4 nitrogen and oxygen atoms in total. The minimum absolute atomic E-state index is 0.231. The van der Waals surface area contributed by atoms with E-state index in [0.717, 1.165) is 31.5 Å². The van der Waals surface area contributed by atoms with E-state index in [1.165, 1.54) is 6.42 Å². The van der Waals surface area contributed by atoms with Gasteiger partial charge in [0.05, 0.1) is 6.07 Å². The summed E-state index contributed by atoms with van der Waals surface area (Å²) in [5.41, 5.74) is 3.59.